The molecule has 1 atom stereocenters. The summed E-state index contributed by atoms with van der Waals surface area (Å²) in [5.41, 5.74) is 0. The molecular formula is C12H26N4O. The Morgan fingerprint density at radius 2 is 2.12 bits per heavy atom. The Hall–Kier alpha value is -0.650. The van der Waals surface area contributed by atoms with Crippen molar-refractivity contribution in [1.82, 2.24) is 20.4 Å². The second kappa shape index (κ2) is 7.63. The average molecular weight is 242 g/mol. The molecule has 0 aromatic rings. The SMILES string of the molecule is CCNCCC(=O)NCC1CN(C)CCN1C. The normalized spacial score (nSPS) is 22.6. The van der Waals surface area contributed by atoms with Gasteiger partial charge in [0.05, 0.1) is 0 Å². The zero-order valence-corrected chi connectivity index (χ0v) is 11.3. The number of amides is 1. The Bertz CT molecular complexity index is 235. The minimum Gasteiger partial charge on any atom is -0.354 e. The van der Waals surface area contributed by atoms with Crippen LogP contribution in [0.5, 0.6) is 0 Å². The van der Waals surface area contributed by atoms with Gasteiger partial charge >= 0.3 is 0 Å². The van der Waals surface area contributed by atoms with E-state index in [2.05, 4.69) is 34.5 Å². The molecule has 1 fully saturated rings. The minimum atomic E-state index is 0.146. The summed E-state index contributed by atoms with van der Waals surface area (Å²) in [6.07, 6.45) is 0.570. The molecular weight excluding hydrogens is 216 g/mol. The topological polar surface area (TPSA) is 47.6 Å². The van der Waals surface area contributed by atoms with Crippen molar-refractivity contribution in [2.24, 2.45) is 0 Å². The van der Waals surface area contributed by atoms with Crippen molar-refractivity contribution in [3.8, 4) is 0 Å². The Balaban J connectivity index is 2.17. The number of carbonyl (C=O) groups excluding carboxylic acids is 1. The molecule has 1 aliphatic heterocycles. The van der Waals surface area contributed by atoms with Crippen LogP contribution in [0.1, 0.15) is 13.3 Å². The largest absolute Gasteiger partial charge is 0.354 e. The summed E-state index contributed by atoms with van der Waals surface area (Å²) in [6.45, 7) is 7.71. The van der Waals surface area contributed by atoms with E-state index in [1.54, 1.807) is 0 Å². The number of nitrogens with one attached hydrogen (secondary N) is 2. The maximum atomic E-state index is 11.6. The van der Waals surface area contributed by atoms with Crippen LogP contribution in [0.25, 0.3) is 0 Å². The maximum Gasteiger partial charge on any atom is 0.221 e. The molecule has 1 saturated heterocycles. The number of likely N-dealkylation sites (N-methyl/N-ethyl adjacent to an activating group) is 2. The van der Waals surface area contributed by atoms with Crippen LogP contribution in [0, 0.1) is 0 Å². The van der Waals surface area contributed by atoms with E-state index in [1.807, 2.05) is 6.92 Å². The molecule has 0 saturated carbocycles. The van der Waals surface area contributed by atoms with Gasteiger partial charge in [-0.1, -0.05) is 6.92 Å². The Labute approximate surface area is 105 Å². The highest BCUT2D eigenvalue weighted by molar-refractivity contribution is 5.76. The van der Waals surface area contributed by atoms with Crippen molar-refractivity contribution in [1.29, 1.82) is 0 Å². The lowest BCUT2D eigenvalue weighted by molar-refractivity contribution is -0.121. The zero-order chi connectivity index (χ0) is 12.7. The number of nitrogens with zero attached hydrogens (tertiary/aromatic N) is 2. The summed E-state index contributed by atoms with van der Waals surface area (Å²) in [5.74, 6) is 0.146. The summed E-state index contributed by atoms with van der Waals surface area (Å²) in [7, 11) is 4.26. The number of rotatable bonds is 6. The first-order valence-corrected chi connectivity index (χ1v) is 6.49. The summed E-state index contributed by atoms with van der Waals surface area (Å²) in [6, 6.07) is 0.442. The van der Waals surface area contributed by atoms with Crippen molar-refractivity contribution < 1.29 is 4.79 Å². The Kier molecular flexibility index (Phi) is 6.47. The quantitative estimate of drug-likeness (QED) is 0.608. The van der Waals surface area contributed by atoms with Crippen LogP contribution in [0.15, 0.2) is 0 Å². The number of carbonyl (C=O) groups is 1. The molecule has 0 aromatic carbocycles. The van der Waals surface area contributed by atoms with Crippen LogP contribution in [0.2, 0.25) is 0 Å². The third kappa shape index (κ3) is 5.48. The molecule has 1 rings (SSSR count). The van der Waals surface area contributed by atoms with Crippen LogP contribution in [0.3, 0.4) is 0 Å². The first-order chi connectivity index (χ1) is 8.13. The van der Waals surface area contributed by atoms with Crippen molar-refractivity contribution in [2.75, 3.05) is 53.4 Å². The van der Waals surface area contributed by atoms with E-state index >= 15 is 0 Å². The standard InChI is InChI=1S/C12H26N4O/c1-4-13-6-5-12(17)14-9-11-10-15(2)7-8-16(11)3/h11,13H,4-10H2,1-3H3,(H,14,17). The molecule has 1 unspecified atom stereocenters. The lowest BCUT2D eigenvalue weighted by Gasteiger charge is -2.37. The van der Waals surface area contributed by atoms with Gasteiger partial charge in [-0.05, 0) is 20.6 Å². The number of piperazine rings is 1. The predicted molar refractivity (Wildman–Crippen MR) is 70.1 cm³/mol. The molecule has 1 amide bonds. The number of hydrogen-bond acceptors (Lipinski definition) is 4. The van der Waals surface area contributed by atoms with E-state index in [1.165, 1.54) is 0 Å². The smallest absolute Gasteiger partial charge is 0.221 e. The molecule has 1 aliphatic rings. The molecule has 1 heterocycles. The van der Waals surface area contributed by atoms with E-state index in [0.29, 0.717) is 12.5 Å². The maximum absolute atomic E-state index is 11.6. The summed E-state index contributed by atoms with van der Waals surface area (Å²) >= 11 is 0. The fraction of sp³-hybridized carbons (Fsp3) is 0.917. The molecule has 17 heavy (non-hydrogen) atoms. The predicted octanol–water partition coefficient (Wildman–Crippen LogP) is -0.652. The van der Waals surface area contributed by atoms with E-state index in [4.69, 9.17) is 0 Å². The van der Waals surface area contributed by atoms with E-state index in [0.717, 1.165) is 39.3 Å². The lowest BCUT2D eigenvalue weighted by atomic mass is 10.2. The highest BCUT2D eigenvalue weighted by Crippen LogP contribution is 2.04. The van der Waals surface area contributed by atoms with Crippen molar-refractivity contribution >= 4 is 5.91 Å². The molecule has 0 aliphatic carbocycles. The number of hydrogen-bond donors (Lipinski definition) is 2. The molecule has 0 spiro atoms. The third-order valence-electron chi connectivity index (χ3n) is 3.29. The van der Waals surface area contributed by atoms with E-state index < -0.39 is 0 Å². The summed E-state index contributed by atoms with van der Waals surface area (Å²) < 4.78 is 0. The van der Waals surface area contributed by atoms with E-state index in [-0.39, 0.29) is 5.91 Å². The molecule has 5 nitrogen and oxygen atoms in total. The Morgan fingerprint density at radius 1 is 1.35 bits per heavy atom. The van der Waals surface area contributed by atoms with Gasteiger partial charge in [-0.2, -0.15) is 0 Å². The van der Waals surface area contributed by atoms with Gasteiger partial charge in [0.2, 0.25) is 5.91 Å². The molecule has 0 aromatic heterocycles. The van der Waals surface area contributed by atoms with Crippen LogP contribution >= 0.6 is 0 Å². The highest BCUT2D eigenvalue weighted by atomic mass is 16.1. The van der Waals surface area contributed by atoms with Gasteiger partial charge in [-0.15, -0.1) is 0 Å². The zero-order valence-electron chi connectivity index (χ0n) is 11.3. The molecule has 0 bridgehead atoms. The minimum absolute atomic E-state index is 0.146. The Morgan fingerprint density at radius 3 is 2.82 bits per heavy atom. The first-order valence-electron chi connectivity index (χ1n) is 6.49. The van der Waals surface area contributed by atoms with Gasteiger partial charge in [-0.25, -0.2) is 0 Å². The summed E-state index contributed by atoms with van der Waals surface area (Å²) in [5, 5.41) is 6.17. The van der Waals surface area contributed by atoms with Gasteiger partial charge in [0, 0.05) is 45.2 Å². The average Bonchev–Trinajstić information content (AvgIpc) is 2.31. The van der Waals surface area contributed by atoms with Crippen LogP contribution < -0.4 is 10.6 Å². The van der Waals surface area contributed by atoms with Crippen LogP contribution in [-0.4, -0.2) is 75.1 Å². The fourth-order valence-electron chi connectivity index (χ4n) is 2.02. The van der Waals surface area contributed by atoms with Gasteiger partial charge in [-0.3, -0.25) is 9.69 Å². The molecule has 2 N–H and O–H groups in total. The second-order valence-electron chi connectivity index (χ2n) is 4.80. The van der Waals surface area contributed by atoms with Gasteiger partial charge in [0.15, 0.2) is 0 Å². The third-order valence-corrected chi connectivity index (χ3v) is 3.29. The van der Waals surface area contributed by atoms with Gasteiger partial charge in [0.1, 0.15) is 0 Å². The molecule has 100 valence electrons. The van der Waals surface area contributed by atoms with Crippen molar-refractivity contribution in [2.45, 2.75) is 19.4 Å². The first kappa shape index (κ1) is 14.4. The van der Waals surface area contributed by atoms with Crippen molar-refractivity contribution in [3.05, 3.63) is 0 Å². The monoisotopic (exact) mass is 242 g/mol. The van der Waals surface area contributed by atoms with Gasteiger partial charge < -0.3 is 15.5 Å². The van der Waals surface area contributed by atoms with E-state index in [9.17, 15) is 4.79 Å². The van der Waals surface area contributed by atoms with Crippen molar-refractivity contribution in [3.63, 3.8) is 0 Å². The highest BCUT2D eigenvalue weighted by Gasteiger charge is 2.22. The van der Waals surface area contributed by atoms with Gasteiger partial charge in [0.25, 0.3) is 0 Å². The molecule has 5 heteroatoms. The summed E-state index contributed by atoms with van der Waals surface area (Å²) in [4.78, 5) is 16.2. The second-order valence-corrected chi connectivity index (χ2v) is 4.80. The lowest BCUT2D eigenvalue weighted by Crippen LogP contribution is -2.54. The molecule has 0 radical (unpaired) electrons. The van der Waals surface area contributed by atoms with Crippen LogP contribution in [0.4, 0.5) is 0 Å². The van der Waals surface area contributed by atoms with Crippen LogP contribution in [-0.2, 0) is 4.79 Å². The fourth-order valence-corrected chi connectivity index (χ4v) is 2.02.